The Morgan fingerprint density at radius 2 is 1.79 bits per heavy atom. The summed E-state index contributed by atoms with van der Waals surface area (Å²) in [6, 6.07) is 15.7. The highest BCUT2D eigenvalue weighted by Crippen LogP contribution is 2.41. The van der Waals surface area contributed by atoms with Gasteiger partial charge in [0.25, 0.3) is 16.0 Å². The molecule has 12 heteroatoms. The number of nitrogens with one attached hydrogen (secondary N) is 1. The van der Waals surface area contributed by atoms with Crippen molar-refractivity contribution in [3.05, 3.63) is 81.8 Å². The monoisotopic (exact) mass is 573 g/mol. The number of anilines is 1. The first-order valence-electron chi connectivity index (χ1n) is 11.2. The molecule has 196 valence electrons. The summed E-state index contributed by atoms with van der Waals surface area (Å²) < 4.78 is 38.6. The van der Waals surface area contributed by atoms with Gasteiger partial charge in [0.2, 0.25) is 0 Å². The first-order chi connectivity index (χ1) is 18.0. The zero-order valence-corrected chi connectivity index (χ0v) is 22.4. The number of para-hydroxylation sites is 1. The number of azo groups is 1. The van der Waals surface area contributed by atoms with Gasteiger partial charge in [-0.1, -0.05) is 53.5 Å². The first-order valence-corrected chi connectivity index (χ1v) is 13.4. The van der Waals surface area contributed by atoms with E-state index in [-0.39, 0.29) is 33.3 Å². The summed E-state index contributed by atoms with van der Waals surface area (Å²) in [6.07, 6.45) is 0. The van der Waals surface area contributed by atoms with Gasteiger partial charge in [-0.15, -0.1) is 5.11 Å². The van der Waals surface area contributed by atoms with Crippen molar-refractivity contribution in [2.45, 2.75) is 18.7 Å². The van der Waals surface area contributed by atoms with Crippen molar-refractivity contribution in [2.24, 2.45) is 10.2 Å². The van der Waals surface area contributed by atoms with E-state index in [4.69, 9.17) is 27.9 Å². The minimum absolute atomic E-state index is 0.00556. The van der Waals surface area contributed by atoms with Gasteiger partial charge in [-0.05, 0) is 55.1 Å². The standard InChI is InChI=1S/C26H21Cl2N3O6S/c1-3-37-25-19(28)9-6-10-20(25)29-26(33)18-11-15-7-4-5-8-17(15)23(24(18)32)31-30-21-12-16(27)13-22(14(21)2)38(34,35)36/h4-13,32H,3H2,1-2H3,(H,29,33)(H,34,35,36). The van der Waals surface area contributed by atoms with E-state index in [9.17, 15) is 22.9 Å². The van der Waals surface area contributed by atoms with Crippen LogP contribution in [-0.2, 0) is 10.1 Å². The molecule has 9 nitrogen and oxygen atoms in total. The predicted octanol–water partition coefficient (Wildman–Crippen LogP) is 7.47. The van der Waals surface area contributed by atoms with E-state index in [1.165, 1.54) is 19.1 Å². The Balaban J connectivity index is 1.82. The fourth-order valence-electron chi connectivity index (χ4n) is 3.80. The van der Waals surface area contributed by atoms with Crippen LogP contribution >= 0.6 is 23.2 Å². The number of phenolic OH excluding ortho intramolecular Hbond substituents is 1. The number of fused-ring (bicyclic) bond motifs is 1. The molecular formula is C26H21Cl2N3O6S. The molecule has 0 aliphatic rings. The van der Waals surface area contributed by atoms with Crippen molar-refractivity contribution in [3.63, 3.8) is 0 Å². The number of carbonyl (C=O) groups excluding carboxylic acids is 1. The van der Waals surface area contributed by atoms with Crippen LogP contribution in [0.2, 0.25) is 10.0 Å². The molecule has 4 aromatic carbocycles. The molecule has 3 N–H and O–H groups in total. The third kappa shape index (κ3) is 5.58. The van der Waals surface area contributed by atoms with Gasteiger partial charge in [-0.2, -0.15) is 13.5 Å². The van der Waals surface area contributed by atoms with Crippen LogP contribution in [0.25, 0.3) is 10.8 Å². The SMILES string of the molecule is CCOc1c(Cl)cccc1NC(=O)c1cc2ccccc2c(N=Nc2cc(Cl)cc(S(=O)(=O)O)c2C)c1O. The van der Waals surface area contributed by atoms with Crippen molar-refractivity contribution in [1.29, 1.82) is 0 Å². The normalized spacial score (nSPS) is 11.7. The van der Waals surface area contributed by atoms with Gasteiger partial charge in [0.1, 0.15) is 10.6 Å². The number of hydrogen-bond donors (Lipinski definition) is 3. The van der Waals surface area contributed by atoms with Gasteiger partial charge >= 0.3 is 0 Å². The Morgan fingerprint density at radius 1 is 1.05 bits per heavy atom. The highest BCUT2D eigenvalue weighted by molar-refractivity contribution is 7.85. The number of rotatable bonds is 7. The van der Waals surface area contributed by atoms with Crippen LogP contribution in [0.3, 0.4) is 0 Å². The molecular weight excluding hydrogens is 553 g/mol. The van der Waals surface area contributed by atoms with Gasteiger partial charge < -0.3 is 15.2 Å². The van der Waals surface area contributed by atoms with Gasteiger partial charge in [-0.3, -0.25) is 9.35 Å². The van der Waals surface area contributed by atoms with Crippen LogP contribution in [0.4, 0.5) is 17.1 Å². The van der Waals surface area contributed by atoms with Crippen LogP contribution in [0, 0.1) is 6.92 Å². The molecule has 0 fully saturated rings. The number of halogens is 2. The van der Waals surface area contributed by atoms with Crippen LogP contribution < -0.4 is 10.1 Å². The number of hydrogen-bond acceptors (Lipinski definition) is 7. The molecule has 0 aromatic heterocycles. The lowest BCUT2D eigenvalue weighted by atomic mass is 10.0. The largest absolute Gasteiger partial charge is 0.505 e. The van der Waals surface area contributed by atoms with Crippen molar-refractivity contribution < 1.29 is 27.6 Å². The van der Waals surface area contributed by atoms with Crippen LogP contribution in [0.15, 0.2) is 75.8 Å². The molecule has 0 spiro atoms. The topological polar surface area (TPSA) is 138 Å². The molecule has 0 saturated heterocycles. The number of phenols is 1. The molecule has 4 aromatic rings. The van der Waals surface area contributed by atoms with Crippen molar-refractivity contribution >= 4 is 67.1 Å². The second kappa shape index (κ2) is 11.0. The van der Waals surface area contributed by atoms with E-state index in [1.807, 2.05) is 0 Å². The Morgan fingerprint density at radius 3 is 2.50 bits per heavy atom. The molecule has 1 amide bonds. The summed E-state index contributed by atoms with van der Waals surface area (Å²) >= 11 is 12.2. The molecule has 0 radical (unpaired) electrons. The average molecular weight is 574 g/mol. The lowest BCUT2D eigenvalue weighted by molar-refractivity contribution is 0.102. The van der Waals surface area contributed by atoms with E-state index in [0.29, 0.717) is 28.1 Å². The number of benzene rings is 4. The maximum atomic E-state index is 13.3. The minimum atomic E-state index is -4.57. The summed E-state index contributed by atoms with van der Waals surface area (Å²) in [5.41, 5.74) is 0.331. The first kappa shape index (κ1) is 27.3. The lowest BCUT2D eigenvalue weighted by Crippen LogP contribution is -2.13. The minimum Gasteiger partial charge on any atom is -0.505 e. The number of nitrogens with zero attached hydrogens (tertiary/aromatic N) is 2. The summed E-state index contributed by atoms with van der Waals surface area (Å²) in [4.78, 5) is 12.8. The molecule has 38 heavy (non-hydrogen) atoms. The molecule has 0 saturated carbocycles. The van der Waals surface area contributed by atoms with Crippen LogP contribution in [0.5, 0.6) is 11.5 Å². The average Bonchev–Trinajstić information content (AvgIpc) is 2.86. The van der Waals surface area contributed by atoms with Crippen molar-refractivity contribution in [3.8, 4) is 11.5 Å². The Kier molecular flexibility index (Phi) is 7.89. The number of carbonyl (C=O) groups is 1. The lowest BCUT2D eigenvalue weighted by Gasteiger charge is -2.14. The van der Waals surface area contributed by atoms with Gasteiger partial charge in [0.05, 0.1) is 28.6 Å². The highest BCUT2D eigenvalue weighted by atomic mass is 35.5. The molecule has 0 heterocycles. The molecule has 0 aliphatic heterocycles. The number of amides is 1. The van der Waals surface area contributed by atoms with Crippen molar-refractivity contribution in [1.82, 2.24) is 0 Å². The highest BCUT2D eigenvalue weighted by Gasteiger charge is 2.21. The number of aromatic hydroxyl groups is 1. The summed E-state index contributed by atoms with van der Waals surface area (Å²) in [6.45, 7) is 3.53. The Bertz CT molecular complexity index is 1710. The maximum Gasteiger partial charge on any atom is 0.294 e. The van der Waals surface area contributed by atoms with Crippen molar-refractivity contribution in [2.75, 3.05) is 11.9 Å². The fourth-order valence-corrected chi connectivity index (χ4v) is 5.07. The van der Waals surface area contributed by atoms with E-state index in [2.05, 4.69) is 15.5 Å². The van der Waals surface area contributed by atoms with Crippen LogP contribution in [0.1, 0.15) is 22.8 Å². The molecule has 0 unspecified atom stereocenters. The summed E-state index contributed by atoms with van der Waals surface area (Å²) in [5.74, 6) is -0.823. The maximum absolute atomic E-state index is 13.3. The third-order valence-electron chi connectivity index (χ3n) is 5.58. The molecule has 0 bridgehead atoms. The van der Waals surface area contributed by atoms with E-state index in [0.717, 1.165) is 6.07 Å². The summed E-state index contributed by atoms with van der Waals surface area (Å²) in [5, 5.41) is 23.5. The van der Waals surface area contributed by atoms with E-state index < -0.39 is 26.7 Å². The summed E-state index contributed by atoms with van der Waals surface area (Å²) in [7, 11) is -4.57. The molecule has 0 atom stereocenters. The number of ether oxygens (including phenoxy) is 1. The smallest absolute Gasteiger partial charge is 0.294 e. The predicted molar refractivity (Wildman–Crippen MR) is 146 cm³/mol. The Labute approximate surface area is 228 Å². The third-order valence-corrected chi connectivity index (χ3v) is 7.07. The van der Waals surface area contributed by atoms with E-state index >= 15 is 0 Å². The molecule has 0 aliphatic carbocycles. The second-order valence-corrected chi connectivity index (χ2v) is 10.3. The van der Waals surface area contributed by atoms with Crippen LogP contribution in [-0.4, -0.2) is 30.6 Å². The molecule has 4 rings (SSSR count). The zero-order valence-electron chi connectivity index (χ0n) is 20.1. The van der Waals surface area contributed by atoms with E-state index in [1.54, 1.807) is 49.4 Å². The fraction of sp³-hybridized carbons (Fsp3) is 0.115. The zero-order chi connectivity index (χ0) is 27.6. The second-order valence-electron chi connectivity index (χ2n) is 8.07. The Hall–Kier alpha value is -3.70. The van der Waals surface area contributed by atoms with Gasteiger partial charge in [0.15, 0.2) is 11.5 Å². The quantitative estimate of drug-likeness (QED) is 0.155. The van der Waals surface area contributed by atoms with Gasteiger partial charge in [0, 0.05) is 10.4 Å². The van der Waals surface area contributed by atoms with Gasteiger partial charge in [-0.25, -0.2) is 0 Å².